The van der Waals surface area contributed by atoms with Gasteiger partial charge in [-0.25, -0.2) is 0 Å². The molecule has 1 amide bonds. The molecule has 0 saturated heterocycles. The van der Waals surface area contributed by atoms with Gasteiger partial charge in [0.2, 0.25) is 5.76 Å². The molecule has 5 nitrogen and oxygen atoms in total. The number of methoxy groups -OCH3 is 1. The molecule has 150 valence electrons. The standard InChI is InChI=1S/C23H22BrNO4/c1-13-10-17-18(11-14(13)2)29-22-19(21(17)26)20(15-6-4-7-16(24)12-15)25(23(22)27)8-5-9-28-3/h4,6-7,10-12,20H,5,8-9H2,1-3H3. The van der Waals surface area contributed by atoms with Gasteiger partial charge in [-0.1, -0.05) is 28.1 Å². The number of rotatable bonds is 5. The first-order valence-corrected chi connectivity index (χ1v) is 10.3. The predicted molar refractivity (Wildman–Crippen MR) is 115 cm³/mol. The number of fused-ring (bicyclic) bond motifs is 2. The average molecular weight is 456 g/mol. The second-order valence-corrected chi connectivity index (χ2v) is 8.32. The summed E-state index contributed by atoms with van der Waals surface area (Å²) in [6.45, 7) is 4.94. The molecule has 29 heavy (non-hydrogen) atoms. The van der Waals surface area contributed by atoms with Crippen molar-refractivity contribution >= 4 is 32.8 Å². The minimum absolute atomic E-state index is 0.142. The van der Waals surface area contributed by atoms with Crippen LogP contribution >= 0.6 is 15.9 Å². The normalized spacial score (nSPS) is 15.9. The third kappa shape index (κ3) is 3.40. The van der Waals surface area contributed by atoms with Crippen molar-refractivity contribution in [2.24, 2.45) is 0 Å². The molecule has 1 atom stereocenters. The number of ether oxygens (including phenoxy) is 1. The van der Waals surface area contributed by atoms with Crippen LogP contribution in [0.25, 0.3) is 11.0 Å². The third-order valence-electron chi connectivity index (χ3n) is 5.49. The van der Waals surface area contributed by atoms with Crippen LogP contribution in [0.2, 0.25) is 0 Å². The predicted octanol–water partition coefficient (Wildman–Crippen LogP) is 4.75. The first kappa shape index (κ1) is 19.9. The summed E-state index contributed by atoms with van der Waals surface area (Å²) in [5.74, 6) is -0.105. The first-order chi connectivity index (χ1) is 13.9. The minimum atomic E-state index is -0.478. The smallest absolute Gasteiger partial charge is 0.290 e. The van der Waals surface area contributed by atoms with Crippen molar-refractivity contribution in [2.75, 3.05) is 20.3 Å². The minimum Gasteiger partial charge on any atom is -0.450 e. The fourth-order valence-corrected chi connectivity index (χ4v) is 4.33. The summed E-state index contributed by atoms with van der Waals surface area (Å²) in [6, 6.07) is 10.9. The van der Waals surface area contributed by atoms with Crippen molar-refractivity contribution in [3.05, 3.63) is 79.1 Å². The molecule has 1 aromatic heterocycles. The maximum Gasteiger partial charge on any atom is 0.290 e. The Morgan fingerprint density at radius 1 is 1.14 bits per heavy atom. The maximum atomic E-state index is 13.5. The Morgan fingerprint density at radius 3 is 2.62 bits per heavy atom. The SMILES string of the molecule is COCCCN1C(=O)c2oc3cc(C)c(C)cc3c(=O)c2C1c1cccc(Br)c1. The highest BCUT2D eigenvalue weighted by Gasteiger charge is 2.42. The van der Waals surface area contributed by atoms with Gasteiger partial charge < -0.3 is 14.1 Å². The lowest BCUT2D eigenvalue weighted by atomic mass is 9.97. The number of halogens is 1. The van der Waals surface area contributed by atoms with Gasteiger partial charge in [-0.15, -0.1) is 0 Å². The highest BCUT2D eigenvalue weighted by Crippen LogP contribution is 2.39. The molecule has 2 aromatic carbocycles. The van der Waals surface area contributed by atoms with Crippen molar-refractivity contribution in [3.8, 4) is 0 Å². The average Bonchev–Trinajstić information content (AvgIpc) is 2.96. The van der Waals surface area contributed by atoms with Crippen LogP contribution in [0.1, 0.15) is 45.3 Å². The van der Waals surface area contributed by atoms with E-state index in [0.717, 1.165) is 21.2 Å². The number of aryl methyl sites for hydroxylation is 2. The Labute approximate surface area is 177 Å². The highest BCUT2D eigenvalue weighted by molar-refractivity contribution is 9.10. The van der Waals surface area contributed by atoms with Gasteiger partial charge >= 0.3 is 0 Å². The monoisotopic (exact) mass is 455 g/mol. The fraction of sp³-hybridized carbons (Fsp3) is 0.304. The van der Waals surface area contributed by atoms with E-state index in [9.17, 15) is 9.59 Å². The molecule has 0 spiro atoms. The summed E-state index contributed by atoms with van der Waals surface area (Å²) >= 11 is 3.50. The number of benzene rings is 2. The van der Waals surface area contributed by atoms with E-state index in [2.05, 4.69) is 15.9 Å². The van der Waals surface area contributed by atoms with E-state index < -0.39 is 6.04 Å². The van der Waals surface area contributed by atoms with Crippen LogP contribution in [-0.4, -0.2) is 31.1 Å². The van der Waals surface area contributed by atoms with Gasteiger partial charge in [0.25, 0.3) is 5.91 Å². The van der Waals surface area contributed by atoms with E-state index in [1.54, 1.807) is 12.0 Å². The molecule has 0 aliphatic carbocycles. The molecule has 0 fully saturated rings. The quantitative estimate of drug-likeness (QED) is 0.520. The van der Waals surface area contributed by atoms with E-state index >= 15 is 0 Å². The van der Waals surface area contributed by atoms with Crippen molar-refractivity contribution in [3.63, 3.8) is 0 Å². The molecule has 3 aromatic rings. The third-order valence-corrected chi connectivity index (χ3v) is 5.99. The topological polar surface area (TPSA) is 59.8 Å². The Morgan fingerprint density at radius 2 is 1.90 bits per heavy atom. The molecule has 6 heteroatoms. The largest absolute Gasteiger partial charge is 0.450 e. The van der Waals surface area contributed by atoms with E-state index in [1.165, 1.54) is 0 Å². The second-order valence-electron chi connectivity index (χ2n) is 7.41. The Balaban J connectivity index is 1.95. The summed E-state index contributed by atoms with van der Waals surface area (Å²) in [4.78, 5) is 28.5. The summed E-state index contributed by atoms with van der Waals surface area (Å²) in [6.07, 6.45) is 0.673. The second kappa shape index (κ2) is 7.76. The zero-order valence-corrected chi connectivity index (χ0v) is 18.2. The first-order valence-electron chi connectivity index (χ1n) is 9.55. The molecule has 0 radical (unpaired) electrons. The molecule has 0 saturated carbocycles. The summed E-state index contributed by atoms with van der Waals surface area (Å²) < 4.78 is 12.1. The summed E-state index contributed by atoms with van der Waals surface area (Å²) in [5, 5.41) is 0.512. The van der Waals surface area contributed by atoms with E-state index in [4.69, 9.17) is 9.15 Å². The van der Waals surface area contributed by atoms with Gasteiger partial charge in [0.15, 0.2) is 5.43 Å². The van der Waals surface area contributed by atoms with Gasteiger partial charge in [-0.3, -0.25) is 9.59 Å². The number of carbonyl (C=O) groups excluding carboxylic acids is 1. The number of amides is 1. The van der Waals surface area contributed by atoms with Crippen LogP contribution in [0.5, 0.6) is 0 Å². The van der Waals surface area contributed by atoms with Gasteiger partial charge in [0.05, 0.1) is 17.0 Å². The van der Waals surface area contributed by atoms with Crippen molar-refractivity contribution < 1.29 is 13.9 Å². The van der Waals surface area contributed by atoms with Crippen LogP contribution < -0.4 is 5.43 Å². The van der Waals surface area contributed by atoms with Gasteiger partial charge in [-0.2, -0.15) is 0 Å². The highest BCUT2D eigenvalue weighted by atomic mass is 79.9. The zero-order valence-electron chi connectivity index (χ0n) is 16.6. The van der Waals surface area contributed by atoms with Gasteiger partial charge in [-0.05, 0) is 61.2 Å². The molecule has 0 N–H and O–H groups in total. The Kier molecular flexibility index (Phi) is 5.32. The molecular formula is C23H22BrNO4. The molecular weight excluding hydrogens is 434 g/mol. The Hall–Kier alpha value is -2.44. The van der Waals surface area contributed by atoms with E-state index in [0.29, 0.717) is 36.1 Å². The van der Waals surface area contributed by atoms with Gasteiger partial charge in [0.1, 0.15) is 5.58 Å². The van der Waals surface area contributed by atoms with Crippen molar-refractivity contribution in [2.45, 2.75) is 26.3 Å². The molecule has 0 bridgehead atoms. The number of hydrogen-bond donors (Lipinski definition) is 0. The molecule has 1 aliphatic rings. The molecule has 4 rings (SSSR count). The Bertz CT molecular complexity index is 1170. The lowest BCUT2D eigenvalue weighted by Gasteiger charge is -2.25. The maximum absolute atomic E-state index is 13.5. The number of carbonyl (C=O) groups is 1. The number of hydrogen-bond acceptors (Lipinski definition) is 4. The van der Waals surface area contributed by atoms with E-state index in [1.807, 2.05) is 50.2 Å². The molecule has 1 aliphatic heterocycles. The van der Waals surface area contributed by atoms with Crippen LogP contribution in [0.15, 0.2) is 50.1 Å². The lowest BCUT2D eigenvalue weighted by molar-refractivity contribution is 0.0708. The van der Waals surface area contributed by atoms with Crippen molar-refractivity contribution in [1.82, 2.24) is 4.90 Å². The number of nitrogens with zero attached hydrogens (tertiary/aromatic N) is 1. The van der Waals surface area contributed by atoms with Crippen LogP contribution in [-0.2, 0) is 4.74 Å². The van der Waals surface area contributed by atoms with Crippen molar-refractivity contribution in [1.29, 1.82) is 0 Å². The fourth-order valence-electron chi connectivity index (χ4n) is 3.91. The zero-order chi connectivity index (χ0) is 20.7. The van der Waals surface area contributed by atoms with Crippen LogP contribution in [0, 0.1) is 13.8 Å². The summed E-state index contributed by atoms with van der Waals surface area (Å²) in [7, 11) is 1.63. The molecule has 1 unspecified atom stereocenters. The summed E-state index contributed by atoms with van der Waals surface area (Å²) in [5.41, 5.74) is 3.64. The van der Waals surface area contributed by atoms with Gasteiger partial charge in [0, 0.05) is 24.7 Å². The molecule has 2 heterocycles. The lowest BCUT2D eigenvalue weighted by Crippen LogP contribution is -2.31. The van der Waals surface area contributed by atoms with E-state index in [-0.39, 0.29) is 17.1 Å². The van der Waals surface area contributed by atoms with Crippen LogP contribution in [0.3, 0.4) is 0 Å². The van der Waals surface area contributed by atoms with Crippen LogP contribution in [0.4, 0.5) is 0 Å².